The van der Waals surface area contributed by atoms with E-state index in [2.05, 4.69) is 20.8 Å². The molecule has 1 amide bonds. The molecule has 0 radical (unpaired) electrons. The van der Waals surface area contributed by atoms with Crippen molar-refractivity contribution in [1.82, 2.24) is 0 Å². The number of carbonyl (C=O) groups excluding carboxylic acids is 2. The Hall–Kier alpha value is -3.86. The standard InChI is InChI=1S/C30H31NO4/c1-5-19-35-24-17-13-21(14-18-24)27(32)25-26(20-11-15-22(16-12-20)30(2,3)4)31(29(34)28(25)33)23-9-7-6-8-10-23/h6-18,26,32H,5,19H2,1-4H3/b27-25-. The van der Waals surface area contributed by atoms with Crippen molar-refractivity contribution in [2.75, 3.05) is 11.5 Å². The van der Waals surface area contributed by atoms with Crippen LogP contribution in [-0.4, -0.2) is 23.4 Å². The zero-order valence-corrected chi connectivity index (χ0v) is 20.6. The molecule has 3 aromatic rings. The molecule has 5 heteroatoms. The Kier molecular flexibility index (Phi) is 6.79. The van der Waals surface area contributed by atoms with E-state index in [0.29, 0.717) is 23.6 Å². The molecule has 1 atom stereocenters. The van der Waals surface area contributed by atoms with Gasteiger partial charge in [0.2, 0.25) is 0 Å². The number of para-hydroxylation sites is 1. The summed E-state index contributed by atoms with van der Waals surface area (Å²) in [5.74, 6) is -0.885. The van der Waals surface area contributed by atoms with Crippen molar-refractivity contribution in [1.29, 1.82) is 0 Å². The minimum atomic E-state index is -0.748. The van der Waals surface area contributed by atoms with Gasteiger partial charge in [-0.15, -0.1) is 0 Å². The molecule has 5 nitrogen and oxygen atoms in total. The molecule has 0 spiro atoms. The van der Waals surface area contributed by atoms with Crippen molar-refractivity contribution in [3.63, 3.8) is 0 Å². The van der Waals surface area contributed by atoms with Crippen LogP contribution in [0.5, 0.6) is 5.75 Å². The summed E-state index contributed by atoms with van der Waals surface area (Å²) in [5, 5.41) is 11.3. The smallest absolute Gasteiger partial charge is 0.300 e. The van der Waals surface area contributed by atoms with E-state index in [-0.39, 0.29) is 16.7 Å². The number of anilines is 1. The molecule has 4 rings (SSSR count). The number of benzene rings is 3. The number of ketones is 1. The molecule has 1 fully saturated rings. The number of hydrogen-bond donors (Lipinski definition) is 1. The van der Waals surface area contributed by atoms with E-state index in [9.17, 15) is 14.7 Å². The summed E-state index contributed by atoms with van der Waals surface area (Å²) < 4.78 is 5.63. The van der Waals surface area contributed by atoms with Gasteiger partial charge in [-0.05, 0) is 59.4 Å². The van der Waals surface area contributed by atoms with Gasteiger partial charge in [-0.25, -0.2) is 0 Å². The van der Waals surface area contributed by atoms with Crippen molar-refractivity contribution in [2.45, 2.75) is 45.6 Å². The highest BCUT2D eigenvalue weighted by atomic mass is 16.5. The number of amides is 1. The Morgan fingerprint density at radius 3 is 2.11 bits per heavy atom. The van der Waals surface area contributed by atoms with Crippen LogP contribution >= 0.6 is 0 Å². The molecule has 0 aliphatic carbocycles. The topological polar surface area (TPSA) is 66.8 Å². The fourth-order valence-corrected chi connectivity index (χ4v) is 4.25. The minimum Gasteiger partial charge on any atom is -0.507 e. The molecule has 0 bridgehead atoms. The second-order valence-electron chi connectivity index (χ2n) is 9.75. The van der Waals surface area contributed by atoms with Crippen molar-refractivity contribution >= 4 is 23.1 Å². The SMILES string of the molecule is CCCOc1ccc(/C(O)=C2/C(=O)C(=O)N(c3ccccc3)C2c2ccc(C(C)(C)C)cc2)cc1. The van der Waals surface area contributed by atoms with E-state index < -0.39 is 17.7 Å². The molecule has 1 aliphatic heterocycles. The predicted molar refractivity (Wildman–Crippen MR) is 139 cm³/mol. The number of aliphatic hydroxyl groups excluding tert-OH is 1. The second-order valence-corrected chi connectivity index (χ2v) is 9.75. The maximum absolute atomic E-state index is 13.3. The van der Waals surface area contributed by atoms with Crippen LogP contribution in [0.1, 0.15) is 56.8 Å². The molecular weight excluding hydrogens is 438 g/mol. The number of rotatable bonds is 6. The zero-order chi connectivity index (χ0) is 25.2. The largest absolute Gasteiger partial charge is 0.507 e. The number of hydrogen-bond acceptors (Lipinski definition) is 4. The Labute approximate surface area is 206 Å². The molecule has 1 saturated heterocycles. The van der Waals surface area contributed by atoms with Crippen LogP contribution in [0.25, 0.3) is 5.76 Å². The second kappa shape index (κ2) is 9.79. The first kappa shape index (κ1) is 24.3. The van der Waals surface area contributed by atoms with Crippen LogP contribution in [0.2, 0.25) is 0 Å². The Bertz CT molecular complexity index is 1240. The fraction of sp³-hybridized carbons (Fsp3) is 0.267. The van der Waals surface area contributed by atoms with Gasteiger partial charge in [-0.2, -0.15) is 0 Å². The van der Waals surface area contributed by atoms with Crippen molar-refractivity contribution < 1.29 is 19.4 Å². The molecule has 1 aliphatic rings. The highest BCUT2D eigenvalue weighted by molar-refractivity contribution is 6.51. The normalized spacial score (nSPS) is 17.6. The van der Waals surface area contributed by atoms with Gasteiger partial charge in [-0.1, -0.05) is 70.2 Å². The van der Waals surface area contributed by atoms with Gasteiger partial charge in [0, 0.05) is 11.3 Å². The number of nitrogens with zero attached hydrogens (tertiary/aromatic N) is 1. The molecule has 1 N–H and O–H groups in total. The van der Waals surface area contributed by atoms with E-state index >= 15 is 0 Å². The maximum atomic E-state index is 13.3. The summed E-state index contributed by atoms with van der Waals surface area (Å²) in [5.41, 5.74) is 2.98. The van der Waals surface area contributed by atoms with E-state index in [1.807, 2.05) is 49.4 Å². The molecule has 1 heterocycles. The average Bonchev–Trinajstić information content (AvgIpc) is 3.13. The van der Waals surface area contributed by atoms with Gasteiger partial charge >= 0.3 is 0 Å². The third-order valence-electron chi connectivity index (χ3n) is 6.17. The van der Waals surface area contributed by atoms with E-state index in [4.69, 9.17) is 4.74 Å². The maximum Gasteiger partial charge on any atom is 0.300 e. The Morgan fingerprint density at radius 1 is 0.914 bits per heavy atom. The van der Waals surface area contributed by atoms with E-state index in [1.54, 1.807) is 36.4 Å². The quantitative estimate of drug-likeness (QED) is 0.258. The van der Waals surface area contributed by atoms with Crippen LogP contribution in [0, 0.1) is 0 Å². The molecule has 0 saturated carbocycles. The summed E-state index contributed by atoms with van der Waals surface area (Å²) in [6.45, 7) is 9.02. The number of Topliss-reactive ketones (excluding diaryl/α,β-unsaturated/α-hetero) is 1. The van der Waals surface area contributed by atoms with Gasteiger partial charge in [0.1, 0.15) is 11.5 Å². The van der Waals surface area contributed by atoms with Gasteiger partial charge in [-0.3, -0.25) is 14.5 Å². The summed E-state index contributed by atoms with van der Waals surface area (Å²) >= 11 is 0. The third-order valence-corrected chi connectivity index (χ3v) is 6.17. The predicted octanol–water partition coefficient (Wildman–Crippen LogP) is 6.40. The van der Waals surface area contributed by atoms with Crippen molar-refractivity contribution in [3.05, 3.63) is 101 Å². The summed E-state index contributed by atoms with van der Waals surface area (Å²) in [7, 11) is 0. The Morgan fingerprint density at radius 2 is 1.54 bits per heavy atom. The highest BCUT2D eigenvalue weighted by Gasteiger charge is 2.47. The first-order chi connectivity index (χ1) is 16.7. The van der Waals surface area contributed by atoms with Crippen LogP contribution < -0.4 is 9.64 Å². The number of aliphatic hydroxyl groups is 1. The van der Waals surface area contributed by atoms with Gasteiger partial charge in [0.15, 0.2) is 0 Å². The average molecular weight is 470 g/mol. The van der Waals surface area contributed by atoms with Crippen LogP contribution in [-0.2, 0) is 15.0 Å². The molecule has 1 unspecified atom stereocenters. The fourth-order valence-electron chi connectivity index (χ4n) is 4.25. The molecule has 3 aromatic carbocycles. The summed E-state index contributed by atoms with van der Waals surface area (Å²) in [4.78, 5) is 28.0. The number of ether oxygens (including phenoxy) is 1. The zero-order valence-electron chi connectivity index (χ0n) is 20.6. The first-order valence-electron chi connectivity index (χ1n) is 11.9. The lowest BCUT2D eigenvalue weighted by Crippen LogP contribution is -2.29. The van der Waals surface area contributed by atoms with E-state index in [0.717, 1.165) is 17.5 Å². The highest BCUT2D eigenvalue weighted by Crippen LogP contribution is 2.42. The summed E-state index contributed by atoms with van der Waals surface area (Å²) in [6, 6.07) is 23.2. The van der Waals surface area contributed by atoms with Crippen LogP contribution in [0.15, 0.2) is 84.4 Å². The molecule has 180 valence electrons. The van der Waals surface area contributed by atoms with Crippen LogP contribution in [0.4, 0.5) is 5.69 Å². The lowest BCUT2D eigenvalue weighted by molar-refractivity contribution is -0.132. The first-order valence-corrected chi connectivity index (χ1v) is 11.9. The van der Waals surface area contributed by atoms with Crippen molar-refractivity contribution in [3.8, 4) is 5.75 Å². The van der Waals surface area contributed by atoms with Crippen LogP contribution in [0.3, 0.4) is 0 Å². The van der Waals surface area contributed by atoms with E-state index in [1.165, 1.54) is 4.90 Å². The van der Waals surface area contributed by atoms with Gasteiger partial charge in [0.05, 0.1) is 18.2 Å². The van der Waals surface area contributed by atoms with Gasteiger partial charge < -0.3 is 9.84 Å². The Balaban J connectivity index is 1.84. The molecular formula is C30H31NO4. The lowest BCUT2D eigenvalue weighted by atomic mass is 9.85. The third kappa shape index (κ3) is 4.85. The number of carbonyl (C=O) groups is 2. The molecule has 0 aromatic heterocycles. The van der Waals surface area contributed by atoms with Gasteiger partial charge in [0.25, 0.3) is 11.7 Å². The van der Waals surface area contributed by atoms with Crippen molar-refractivity contribution in [2.24, 2.45) is 0 Å². The summed E-state index contributed by atoms with van der Waals surface area (Å²) in [6.07, 6.45) is 0.888. The molecule has 35 heavy (non-hydrogen) atoms. The monoisotopic (exact) mass is 469 g/mol. The lowest BCUT2D eigenvalue weighted by Gasteiger charge is -2.26. The minimum absolute atomic E-state index is 0.0403.